The second kappa shape index (κ2) is 12.1. The van der Waals surface area contributed by atoms with Gasteiger partial charge in [-0.05, 0) is 19.9 Å². The van der Waals surface area contributed by atoms with Crippen LogP contribution in [-0.2, 0) is 38.7 Å². The van der Waals surface area contributed by atoms with Gasteiger partial charge in [-0.2, -0.15) is 0 Å². The number of allylic oxidation sites excluding steroid dienone is 2. The van der Waals surface area contributed by atoms with E-state index >= 15 is 0 Å². The van der Waals surface area contributed by atoms with Crippen LogP contribution in [0.2, 0.25) is 0 Å². The Hall–Kier alpha value is -2.56. The van der Waals surface area contributed by atoms with Crippen molar-refractivity contribution in [3.63, 3.8) is 0 Å². The lowest BCUT2D eigenvalue weighted by Crippen LogP contribution is -2.45. The highest BCUT2D eigenvalue weighted by Crippen LogP contribution is 2.54. The minimum atomic E-state index is -1.85. The number of carbonyl (C=O) groups is 1. The van der Waals surface area contributed by atoms with Crippen LogP contribution in [0.25, 0.3) is 0 Å². The van der Waals surface area contributed by atoms with Gasteiger partial charge in [-0.3, -0.25) is 15.0 Å². The molecule has 1 heterocycles. The Labute approximate surface area is 193 Å². The summed E-state index contributed by atoms with van der Waals surface area (Å²) >= 11 is 0. The number of esters is 1. The van der Waals surface area contributed by atoms with Crippen molar-refractivity contribution in [2.45, 2.75) is 19.4 Å². The van der Waals surface area contributed by atoms with Gasteiger partial charge in [-0.25, -0.2) is 9.86 Å². The second-order valence-electron chi connectivity index (χ2n) is 6.99. The van der Waals surface area contributed by atoms with Crippen molar-refractivity contribution in [2.75, 3.05) is 47.8 Å². The zero-order chi connectivity index (χ0) is 24.6. The molecule has 0 radical (unpaired) electrons. The number of nitro benzene ring substituents is 1. The molecule has 1 aromatic carbocycles. The fourth-order valence-electron chi connectivity index (χ4n) is 3.79. The van der Waals surface area contributed by atoms with Crippen LogP contribution < -0.4 is 0 Å². The predicted octanol–water partition coefficient (Wildman–Crippen LogP) is 2.78. The molecule has 0 fully saturated rings. The summed E-state index contributed by atoms with van der Waals surface area (Å²) < 4.78 is 34.1. The number of ether oxygens (including phenoxy) is 4. The number of methoxy groups -OCH3 is 3. The standard InChI is InChI=1S/C21H29N2O9P/c1-14-18(20(24)30-5)21(31-12-10-28-3,16-8-6-7-9-17(16)23(25)26)19(33-27)15(2)22(14)32-13-11-29-4/h6-9H,10-13,33H2,1-5H3. The minimum Gasteiger partial charge on any atom is -0.466 e. The molecule has 0 saturated heterocycles. The number of hydrogen-bond donors (Lipinski definition) is 0. The third kappa shape index (κ3) is 5.18. The highest BCUT2D eigenvalue weighted by atomic mass is 31.1. The Balaban J connectivity index is 2.93. The monoisotopic (exact) mass is 484 g/mol. The molecule has 2 unspecified atom stereocenters. The normalized spacial score (nSPS) is 19.0. The van der Waals surface area contributed by atoms with Crippen LogP contribution in [0.4, 0.5) is 5.69 Å². The fraction of sp³-hybridized carbons (Fsp3) is 0.476. The summed E-state index contributed by atoms with van der Waals surface area (Å²) in [5, 5.41) is 13.5. The average Bonchev–Trinajstić information content (AvgIpc) is 2.81. The number of nitrogens with zero attached hydrogens (tertiary/aromatic N) is 2. The Morgan fingerprint density at radius 3 is 2.27 bits per heavy atom. The molecule has 1 aliphatic rings. The molecule has 2 atom stereocenters. The van der Waals surface area contributed by atoms with Gasteiger partial charge in [0, 0.05) is 25.6 Å². The Bertz CT molecular complexity index is 963. The molecule has 0 saturated carbocycles. The molecule has 12 heteroatoms. The molecule has 33 heavy (non-hydrogen) atoms. The number of benzene rings is 1. The summed E-state index contributed by atoms with van der Waals surface area (Å²) in [6, 6.07) is 5.87. The molecule has 0 aromatic heterocycles. The number of nitro groups is 1. The lowest BCUT2D eigenvalue weighted by atomic mass is 9.80. The van der Waals surface area contributed by atoms with Crippen molar-refractivity contribution in [3.8, 4) is 0 Å². The lowest BCUT2D eigenvalue weighted by molar-refractivity contribution is -0.386. The van der Waals surface area contributed by atoms with Gasteiger partial charge in [0.25, 0.3) is 5.69 Å². The number of hydrogen-bond acceptors (Lipinski definition) is 10. The topological polar surface area (TPSA) is 127 Å². The van der Waals surface area contributed by atoms with Gasteiger partial charge in [0.2, 0.25) is 0 Å². The summed E-state index contributed by atoms with van der Waals surface area (Å²) in [6.07, 6.45) is 0. The van der Waals surface area contributed by atoms with E-state index in [0.717, 1.165) is 0 Å². The van der Waals surface area contributed by atoms with Crippen LogP contribution in [0.1, 0.15) is 19.4 Å². The summed E-state index contributed by atoms with van der Waals surface area (Å²) in [6.45, 7) is 3.74. The van der Waals surface area contributed by atoms with E-state index in [2.05, 4.69) is 0 Å². The molecule has 0 spiro atoms. The van der Waals surface area contributed by atoms with Crippen molar-refractivity contribution in [3.05, 3.63) is 62.2 Å². The molecule has 0 N–H and O–H groups in total. The Kier molecular flexibility index (Phi) is 9.75. The van der Waals surface area contributed by atoms with Crippen LogP contribution >= 0.6 is 8.46 Å². The van der Waals surface area contributed by atoms with Crippen LogP contribution in [0.3, 0.4) is 0 Å². The molecule has 2 rings (SSSR count). The molecule has 0 amide bonds. The molecule has 11 nitrogen and oxygen atoms in total. The lowest BCUT2D eigenvalue weighted by Gasteiger charge is -2.43. The maximum absolute atomic E-state index is 13.1. The van der Waals surface area contributed by atoms with Gasteiger partial charge in [0.15, 0.2) is 5.60 Å². The van der Waals surface area contributed by atoms with E-state index in [1.165, 1.54) is 44.6 Å². The molecule has 1 aromatic rings. The first kappa shape index (κ1) is 26.7. The fourth-order valence-corrected chi connectivity index (χ4v) is 4.63. The quantitative estimate of drug-likeness (QED) is 0.144. The Morgan fingerprint density at radius 2 is 1.70 bits per heavy atom. The number of rotatable bonds is 12. The van der Waals surface area contributed by atoms with Crippen LogP contribution in [0.5, 0.6) is 0 Å². The molecule has 0 bridgehead atoms. The summed E-state index contributed by atoms with van der Waals surface area (Å²) in [4.78, 5) is 30.3. The first-order chi connectivity index (χ1) is 15.8. The maximum Gasteiger partial charge on any atom is 0.339 e. The third-order valence-electron chi connectivity index (χ3n) is 5.19. The van der Waals surface area contributed by atoms with Gasteiger partial charge in [-0.1, -0.05) is 12.1 Å². The van der Waals surface area contributed by atoms with Gasteiger partial charge >= 0.3 is 5.97 Å². The largest absolute Gasteiger partial charge is 0.466 e. The zero-order valence-electron chi connectivity index (χ0n) is 19.3. The van der Waals surface area contributed by atoms with Crippen LogP contribution in [-0.4, -0.2) is 63.7 Å². The van der Waals surface area contributed by atoms with Gasteiger partial charge in [0.1, 0.15) is 5.57 Å². The molecule has 182 valence electrons. The van der Waals surface area contributed by atoms with Crippen molar-refractivity contribution in [2.24, 2.45) is 0 Å². The van der Waals surface area contributed by atoms with E-state index in [0.29, 0.717) is 5.70 Å². The van der Waals surface area contributed by atoms with Crippen molar-refractivity contribution in [1.29, 1.82) is 0 Å². The Morgan fingerprint density at radius 1 is 1.06 bits per heavy atom. The summed E-state index contributed by atoms with van der Waals surface area (Å²) in [7, 11) is 2.45. The summed E-state index contributed by atoms with van der Waals surface area (Å²) in [5.74, 6) is -0.804. The van der Waals surface area contributed by atoms with E-state index < -0.39 is 25.0 Å². The highest BCUT2D eigenvalue weighted by Gasteiger charge is 2.53. The number of carbonyl (C=O) groups excluding carboxylic acids is 1. The number of hydroxylamine groups is 2. The zero-order valence-corrected chi connectivity index (χ0v) is 20.4. The minimum absolute atomic E-state index is 0.0446. The second-order valence-corrected chi connectivity index (χ2v) is 7.80. The first-order valence-electron chi connectivity index (χ1n) is 10.1. The third-order valence-corrected chi connectivity index (χ3v) is 6.25. The SMILES string of the molecule is COCCON1C(C)=C([PH2]=O)C(OCCOC)(c2ccccc2[N+](=O)[O-])C(C(=O)OC)=C1C. The van der Waals surface area contributed by atoms with Crippen LogP contribution in [0.15, 0.2) is 46.5 Å². The van der Waals surface area contributed by atoms with E-state index in [1.807, 2.05) is 0 Å². The van der Waals surface area contributed by atoms with Gasteiger partial charge in [-0.15, -0.1) is 0 Å². The number of para-hydroxylation sites is 1. The molecule has 1 aliphatic heterocycles. The van der Waals surface area contributed by atoms with Crippen molar-refractivity contribution >= 4 is 20.1 Å². The average molecular weight is 484 g/mol. The van der Waals surface area contributed by atoms with Crippen molar-refractivity contribution in [1.82, 2.24) is 5.06 Å². The van der Waals surface area contributed by atoms with Crippen molar-refractivity contribution < 1.29 is 38.1 Å². The van der Waals surface area contributed by atoms with Gasteiger partial charge in [0.05, 0.1) is 63.9 Å². The predicted molar refractivity (Wildman–Crippen MR) is 120 cm³/mol. The van der Waals surface area contributed by atoms with E-state index in [9.17, 15) is 19.5 Å². The van der Waals surface area contributed by atoms with Gasteiger partial charge < -0.3 is 23.5 Å². The summed E-state index contributed by atoms with van der Waals surface area (Å²) in [5.41, 5.74) is -1.49. The highest BCUT2D eigenvalue weighted by molar-refractivity contribution is 7.29. The van der Waals surface area contributed by atoms with E-state index in [1.54, 1.807) is 19.9 Å². The maximum atomic E-state index is 13.1. The van der Waals surface area contributed by atoms with E-state index in [4.69, 9.17) is 23.8 Å². The molecule has 0 aliphatic carbocycles. The molecular formula is C21H29N2O9P. The molecular weight excluding hydrogens is 455 g/mol. The van der Waals surface area contributed by atoms with E-state index in [-0.39, 0.29) is 54.3 Å². The first-order valence-corrected chi connectivity index (χ1v) is 11.1. The smallest absolute Gasteiger partial charge is 0.339 e. The van der Waals surface area contributed by atoms with Crippen LogP contribution in [0, 0.1) is 10.1 Å².